The average Bonchev–Trinajstić information content (AvgIpc) is 3.01. The van der Waals surface area contributed by atoms with Crippen LogP contribution >= 0.6 is 15.9 Å². The minimum atomic E-state index is -1.20. The van der Waals surface area contributed by atoms with Gasteiger partial charge in [-0.05, 0) is 33.6 Å². The summed E-state index contributed by atoms with van der Waals surface area (Å²) in [6.45, 7) is 0.132. The van der Waals surface area contributed by atoms with Gasteiger partial charge in [-0.25, -0.2) is 9.48 Å². The van der Waals surface area contributed by atoms with Crippen LogP contribution in [0.3, 0.4) is 0 Å². The normalized spacial score (nSPS) is 10.3. The first-order valence-electron chi connectivity index (χ1n) is 6.75. The van der Waals surface area contributed by atoms with Gasteiger partial charge in [0.25, 0.3) is 0 Å². The Morgan fingerprint density at radius 3 is 2.67 bits per heavy atom. The lowest BCUT2D eigenvalue weighted by Gasteiger charge is -2.12. The van der Waals surface area contributed by atoms with Crippen LogP contribution in [-0.4, -0.2) is 46.2 Å². The van der Waals surface area contributed by atoms with Crippen molar-refractivity contribution in [1.82, 2.24) is 20.3 Å². The van der Waals surface area contributed by atoms with E-state index in [0.29, 0.717) is 16.0 Å². The molecule has 0 saturated carbocycles. The number of nitrogens with one attached hydrogen (secondary N) is 1. The van der Waals surface area contributed by atoms with Gasteiger partial charge in [0.05, 0.1) is 24.9 Å². The van der Waals surface area contributed by atoms with Crippen molar-refractivity contribution in [2.45, 2.75) is 13.1 Å². The van der Waals surface area contributed by atoms with E-state index in [-0.39, 0.29) is 24.7 Å². The second kappa shape index (κ2) is 7.77. The lowest BCUT2D eigenvalue weighted by atomic mass is 10.2. The summed E-state index contributed by atoms with van der Waals surface area (Å²) in [6.07, 6.45) is 1.19. The molecule has 0 aliphatic carbocycles. The molecule has 10 heteroatoms. The van der Waals surface area contributed by atoms with Crippen LogP contribution in [0, 0.1) is 0 Å². The van der Waals surface area contributed by atoms with E-state index in [9.17, 15) is 9.59 Å². The Kier molecular flexibility index (Phi) is 5.74. The van der Waals surface area contributed by atoms with Crippen LogP contribution < -0.4 is 14.8 Å². The number of ether oxygens (including phenoxy) is 2. The molecule has 2 aromatic rings. The fraction of sp³-hybridized carbons (Fsp3) is 0.286. The van der Waals surface area contributed by atoms with Gasteiger partial charge in [-0.3, -0.25) is 4.79 Å². The molecule has 0 spiro atoms. The molecule has 1 heterocycles. The van der Waals surface area contributed by atoms with E-state index in [4.69, 9.17) is 14.6 Å². The number of halogens is 1. The molecule has 0 radical (unpaired) electrons. The Morgan fingerprint density at radius 1 is 1.33 bits per heavy atom. The predicted molar refractivity (Wildman–Crippen MR) is 86.1 cm³/mol. The Bertz CT molecular complexity index is 762. The van der Waals surface area contributed by atoms with E-state index in [1.54, 1.807) is 12.1 Å². The summed E-state index contributed by atoms with van der Waals surface area (Å²) in [7, 11) is 3.06. The van der Waals surface area contributed by atoms with E-state index < -0.39 is 5.97 Å². The standard InChI is InChI=1S/C14H15BrN4O5/c1-23-11-4-8(3-9(15)13(11)24-2)5-16-12(20)7-19-6-10(14(21)22)17-18-19/h3-4,6H,5,7H2,1-2H3,(H,16,20)(H,21,22). The van der Waals surface area contributed by atoms with Crippen LogP contribution in [0.4, 0.5) is 0 Å². The molecule has 0 bridgehead atoms. The van der Waals surface area contributed by atoms with Gasteiger partial charge in [0.15, 0.2) is 17.2 Å². The summed E-state index contributed by atoms with van der Waals surface area (Å²) in [5.41, 5.74) is 0.587. The molecule has 0 saturated heterocycles. The summed E-state index contributed by atoms with van der Waals surface area (Å²) in [5.74, 6) is -0.422. The van der Waals surface area contributed by atoms with E-state index in [1.165, 1.54) is 20.4 Å². The monoisotopic (exact) mass is 398 g/mol. The number of carbonyl (C=O) groups excluding carboxylic acids is 1. The predicted octanol–water partition coefficient (Wildman–Crippen LogP) is 1.07. The third-order valence-corrected chi connectivity index (χ3v) is 3.64. The molecule has 0 atom stereocenters. The molecule has 1 aromatic heterocycles. The maximum atomic E-state index is 11.9. The second-order valence-corrected chi connectivity index (χ2v) is 5.55. The number of nitrogens with zero attached hydrogens (tertiary/aromatic N) is 3. The Hall–Kier alpha value is -2.62. The van der Waals surface area contributed by atoms with Gasteiger partial charge in [0.2, 0.25) is 5.91 Å². The molecular weight excluding hydrogens is 384 g/mol. The fourth-order valence-corrected chi connectivity index (χ4v) is 2.60. The number of hydrogen-bond donors (Lipinski definition) is 2. The van der Waals surface area contributed by atoms with Gasteiger partial charge in [0, 0.05) is 6.54 Å². The topological polar surface area (TPSA) is 116 Å². The highest BCUT2D eigenvalue weighted by molar-refractivity contribution is 9.10. The Morgan fingerprint density at radius 2 is 2.08 bits per heavy atom. The van der Waals surface area contributed by atoms with Crippen molar-refractivity contribution in [2.75, 3.05) is 14.2 Å². The highest BCUT2D eigenvalue weighted by atomic mass is 79.9. The SMILES string of the molecule is COc1cc(CNC(=O)Cn2cc(C(=O)O)nn2)cc(Br)c1OC. The molecule has 9 nitrogen and oxygen atoms in total. The summed E-state index contributed by atoms with van der Waals surface area (Å²) in [6, 6.07) is 3.56. The smallest absolute Gasteiger partial charge is 0.358 e. The highest BCUT2D eigenvalue weighted by Gasteiger charge is 2.13. The first-order valence-corrected chi connectivity index (χ1v) is 7.54. The maximum Gasteiger partial charge on any atom is 0.358 e. The quantitative estimate of drug-likeness (QED) is 0.716. The van der Waals surface area contributed by atoms with E-state index in [0.717, 1.165) is 10.2 Å². The molecule has 2 rings (SSSR count). The van der Waals surface area contributed by atoms with Gasteiger partial charge in [-0.1, -0.05) is 5.21 Å². The van der Waals surface area contributed by atoms with Crippen LogP contribution in [-0.2, 0) is 17.9 Å². The summed E-state index contributed by atoms with van der Waals surface area (Å²) in [5, 5.41) is 18.5. The van der Waals surface area contributed by atoms with Crippen molar-refractivity contribution >= 4 is 27.8 Å². The van der Waals surface area contributed by atoms with Gasteiger partial charge in [0.1, 0.15) is 6.54 Å². The Balaban J connectivity index is 1.98. The van der Waals surface area contributed by atoms with Gasteiger partial charge >= 0.3 is 5.97 Å². The first kappa shape index (κ1) is 17.7. The van der Waals surface area contributed by atoms with Crippen molar-refractivity contribution in [3.8, 4) is 11.5 Å². The van der Waals surface area contributed by atoms with Crippen LogP contribution in [0.25, 0.3) is 0 Å². The Labute approximate surface area is 145 Å². The number of aromatic nitrogens is 3. The van der Waals surface area contributed by atoms with Crippen molar-refractivity contribution in [3.63, 3.8) is 0 Å². The number of carboxylic acids is 1. The zero-order valence-electron chi connectivity index (χ0n) is 12.9. The molecule has 1 aromatic carbocycles. The zero-order valence-corrected chi connectivity index (χ0v) is 14.5. The van der Waals surface area contributed by atoms with Crippen molar-refractivity contribution < 1.29 is 24.2 Å². The lowest BCUT2D eigenvalue weighted by molar-refractivity contribution is -0.122. The molecule has 128 valence electrons. The van der Waals surface area contributed by atoms with Crippen LogP contribution in [0.5, 0.6) is 11.5 Å². The number of benzene rings is 1. The number of carboxylic acid groups (broad SMARTS) is 1. The largest absolute Gasteiger partial charge is 0.493 e. The molecular formula is C14H15BrN4O5. The van der Waals surface area contributed by atoms with Crippen LogP contribution in [0.1, 0.15) is 16.1 Å². The van der Waals surface area contributed by atoms with Gasteiger partial charge in [-0.2, -0.15) is 0 Å². The number of amides is 1. The average molecular weight is 399 g/mol. The summed E-state index contributed by atoms with van der Waals surface area (Å²) in [4.78, 5) is 22.6. The minimum absolute atomic E-state index is 0.130. The second-order valence-electron chi connectivity index (χ2n) is 4.70. The number of hydrogen-bond acceptors (Lipinski definition) is 6. The molecule has 0 aliphatic heterocycles. The van der Waals surface area contributed by atoms with Crippen molar-refractivity contribution in [1.29, 1.82) is 0 Å². The number of carbonyl (C=O) groups is 2. The third-order valence-electron chi connectivity index (χ3n) is 3.05. The molecule has 2 N–H and O–H groups in total. The van der Waals surface area contributed by atoms with Crippen LogP contribution in [0.15, 0.2) is 22.8 Å². The first-order chi connectivity index (χ1) is 11.4. The van der Waals surface area contributed by atoms with Gasteiger partial charge in [-0.15, -0.1) is 5.10 Å². The minimum Gasteiger partial charge on any atom is -0.493 e. The number of methoxy groups -OCH3 is 2. The fourth-order valence-electron chi connectivity index (χ4n) is 1.95. The number of rotatable bonds is 7. The maximum absolute atomic E-state index is 11.9. The summed E-state index contributed by atoms with van der Waals surface area (Å²) < 4.78 is 12.3. The molecule has 1 amide bonds. The number of aromatic carboxylic acids is 1. The molecule has 24 heavy (non-hydrogen) atoms. The van der Waals surface area contributed by atoms with E-state index >= 15 is 0 Å². The van der Waals surface area contributed by atoms with E-state index in [1.807, 2.05) is 0 Å². The van der Waals surface area contributed by atoms with Crippen LogP contribution in [0.2, 0.25) is 0 Å². The molecule has 0 aliphatic rings. The third kappa shape index (κ3) is 4.22. The molecule has 0 fully saturated rings. The molecule has 0 unspecified atom stereocenters. The van der Waals surface area contributed by atoms with Gasteiger partial charge < -0.3 is 19.9 Å². The van der Waals surface area contributed by atoms with Crippen molar-refractivity contribution in [2.24, 2.45) is 0 Å². The highest BCUT2D eigenvalue weighted by Crippen LogP contribution is 2.36. The lowest BCUT2D eigenvalue weighted by Crippen LogP contribution is -2.27. The van der Waals surface area contributed by atoms with E-state index in [2.05, 4.69) is 31.6 Å². The summed E-state index contributed by atoms with van der Waals surface area (Å²) >= 11 is 3.38. The zero-order chi connectivity index (χ0) is 17.7. The van der Waals surface area contributed by atoms with Crippen molar-refractivity contribution in [3.05, 3.63) is 34.1 Å².